The molecule has 1 heterocycles. The van der Waals surface area contributed by atoms with Gasteiger partial charge in [-0.05, 0) is 46.5 Å². The second-order valence-electron chi connectivity index (χ2n) is 5.77. The standard InChI is InChI=1S/C13H24O4/c1-9-10(5-6-11(8-14)16-9)7-12(15)17-13(2,3)4/h9-11,14H,5-8H2,1-4H3/t9-,10+,11+/m1/s1. The van der Waals surface area contributed by atoms with Gasteiger partial charge < -0.3 is 14.6 Å². The van der Waals surface area contributed by atoms with Crippen molar-refractivity contribution in [1.29, 1.82) is 0 Å². The summed E-state index contributed by atoms with van der Waals surface area (Å²) in [6, 6.07) is 0. The van der Waals surface area contributed by atoms with E-state index in [1.807, 2.05) is 27.7 Å². The lowest BCUT2D eigenvalue weighted by molar-refractivity contribution is -0.160. The molecular weight excluding hydrogens is 220 g/mol. The van der Waals surface area contributed by atoms with Crippen LogP contribution in [0.2, 0.25) is 0 Å². The van der Waals surface area contributed by atoms with Crippen LogP contribution in [-0.4, -0.2) is 35.5 Å². The van der Waals surface area contributed by atoms with Gasteiger partial charge in [-0.25, -0.2) is 0 Å². The smallest absolute Gasteiger partial charge is 0.306 e. The molecule has 0 aromatic rings. The maximum atomic E-state index is 11.7. The van der Waals surface area contributed by atoms with Gasteiger partial charge in [0.15, 0.2) is 0 Å². The van der Waals surface area contributed by atoms with E-state index in [2.05, 4.69) is 0 Å². The number of carbonyl (C=O) groups excluding carboxylic acids is 1. The fourth-order valence-corrected chi connectivity index (χ4v) is 2.12. The lowest BCUT2D eigenvalue weighted by Gasteiger charge is -2.34. The van der Waals surface area contributed by atoms with E-state index in [-0.39, 0.29) is 30.7 Å². The summed E-state index contributed by atoms with van der Waals surface area (Å²) in [6.45, 7) is 7.62. The fraction of sp³-hybridized carbons (Fsp3) is 0.923. The molecular formula is C13H24O4. The molecule has 1 N–H and O–H groups in total. The van der Waals surface area contributed by atoms with Crippen LogP contribution >= 0.6 is 0 Å². The largest absolute Gasteiger partial charge is 0.460 e. The van der Waals surface area contributed by atoms with Crippen molar-refractivity contribution < 1.29 is 19.4 Å². The first-order chi connectivity index (χ1) is 7.81. The van der Waals surface area contributed by atoms with Crippen LogP contribution in [-0.2, 0) is 14.3 Å². The van der Waals surface area contributed by atoms with Gasteiger partial charge in [-0.3, -0.25) is 4.79 Å². The second-order valence-corrected chi connectivity index (χ2v) is 5.77. The number of aliphatic hydroxyl groups is 1. The molecule has 1 aliphatic rings. The van der Waals surface area contributed by atoms with Gasteiger partial charge in [0, 0.05) is 0 Å². The van der Waals surface area contributed by atoms with Gasteiger partial charge in [-0.1, -0.05) is 0 Å². The first-order valence-corrected chi connectivity index (χ1v) is 6.30. The van der Waals surface area contributed by atoms with Crippen LogP contribution in [0.1, 0.15) is 47.0 Å². The minimum absolute atomic E-state index is 0.00779. The van der Waals surface area contributed by atoms with E-state index >= 15 is 0 Å². The predicted molar refractivity (Wildman–Crippen MR) is 64.6 cm³/mol. The van der Waals surface area contributed by atoms with Crippen LogP contribution in [0, 0.1) is 5.92 Å². The zero-order valence-corrected chi connectivity index (χ0v) is 11.2. The van der Waals surface area contributed by atoms with Crippen molar-refractivity contribution in [3.05, 3.63) is 0 Å². The Morgan fingerprint density at radius 2 is 2.06 bits per heavy atom. The van der Waals surface area contributed by atoms with Gasteiger partial charge in [0.2, 0.25) is 0 Å². The van der Waals surface area contributed by atoms with Crippen molar-refractivity contribution in [1.82, 2.24) is 0 Å². The van der Waals surface area contributed by atoms with Crippen LogP contribution < -0.4 is 0 Å². The quantitative estimate of drug-likeness (QED) is 0.770. The Morgan fingerprint density at radius 3 is 2.53 bits per heavy atom. The summed E-state index contributed by atoms with van der Waals surface area (Å²) in [5, 5.41) is 9.01. The first kappa shape index (κ1) is 14.5. The van der Waals surface area contributed by atoms with E-state index in [4.69, 9.17) is 14.6 Å². The van der Waals surface area contributed by atoms with Gasteiger partial charge in [0.05, 0.1) is 25.2 Å². The Bertz CT molecular complexity index is 257. The summed E-state index contributed by atoms with van der Waals surface area (Å²) in [7, 11) is 0. The van der Waals surface area contributed by atoms with Gasteiger partial charge in [0.1, 0.15) is 5.60 Å². The highest BCUT2D eigenvalue weighted by Gasteiger charge is 2.30. The lowest BCUT2D eigenvalue weighted by Crippen LogP contribution is -2.37. The van der Waals surface area contributed by atoms with Crippen molar-refractivity contribution in [2.24, 2.45) is 5.92 Å². The van der Waals surface area contributed by atoms with Crippen molar-refractivity contribution in [3.63, 3.8) is 0 Å². The molecule has 0 aliphatic carbocycles. The van der Waals surface area contributed by atoms with Gasteiger partial charge in [0.25, 0.3) is 0 Å². The summed E-state index contributed by atoms with van der Waals surface area (Å²) in [5.41, 5.74) is -0.427. The van der Waals surface area contributed by atoms with E-state index < -0.39 is 5.60 Å². The molecule has 4 nitrogen and oxygen atoms in total. The molecule has 1 aliphatic heterocycles. The van der Waals surface area contributed by atoms with Crippen LogP contribution in [0.15, 0.2) is 0 Å². The molecule has 0 unspecified atom stereocenters. The average molecular weight is 244 g/mol. The van der Waals surface area contributed by atoms with Crippen LogP contribution in [0.5, 0.6) is 0 Å². The molecule has 1 saturated heterocycles. The van der Waals surface area contributed by atoms with Crippen molar-refractivity contribution in [3.8, 4) is 0 Å². The number of rotatable bonds is 3. The summed E-state index contributed by atoms with van der Waals surface area (Å²) in [5.74, 6) is 0.0352. The number of hydrogen-bond acceptors (Lipinski definition) is 4. The number of carbonyl (C=O) groups is 1. The molecule has 0 aromatic carbocycles. The van der Waals surface area contributed by atoms with Crippen LogP contribution in [0.25, 0.3) is 0 Å². The zero-order valence-electron chi connectivity index (χ0n) is 11.2. The van der Waals surface area contributed by atoms with E-state index in [1.165, 1.54) is 0 Å². The topological polar surface area (TPSA) is 55.8 Å². The number of ether oxygens (including phenoxy) is 2. The van der Waals surface area contributed by atoms with E-state index in [0.717, 1.165) is 12.8 Å². The second kappa shape index (κ2) is 5.83. The molecule has 0 spiro atoms. The first-order valence-electron chi connectivity index (χ1n) is 6.30. The molecule has 3 atom stereocenters. The average Bonchev–Trinajstić information content (AvgIpc) is 2.18. The Morgan fingerprint density at radius 1 is 1.41 bits per heavy atom. The van der Waals surface area contributed by atoms with Crippen LogP contribution in [0.3, 0.4) is 0 Å². The van der Waals surface area contributed by atoms with E-state index in [9.17, 15) is 4.79 Å². The highest BCUT2D eigenvalue weighted by Crippen LogP contribution is 2.28. The van der Waals surface area contributed by atoms with Crippen molar-refractivity contribution in [2.45, 2.75) is 64.8 Å². The molecule has 4 heteroatoms. The monoisotopic (exact) mass is 244 g/mol. The Hall–Kier alpha value is -0.610. The third-order valence-electron chi connectivity index (χ3n) is 2.98. The lowest BCUT2D eigenvalue weighted by atomic mass is 9.90. The Balaban J connectivity index is 2.40. The van der Waals surface area contributed by atoms with Gasteiger partial charge in [-0.15, -0.1) is 0 Å². The summed E-state index contributed by atoms with van der Waals surface area (Å²) < 4.78 is 10.9. The molecule has 1 fully saturated rings. The molecule has 0 amide bonds. The maximum absolute atomic E-state index is 11.7. The number of aliphatic hydroxyl groups excluding tert-OH is 1. The van der Waals surface area contributed by atoms with E-state index in [1.54, 1.807) is 0 Å². The SMILES string of the molecule is C[C@H]1O[C@H](CO)CC[C@H]1CC(=O)OC(C)(C)C. The fourth-order valence-electron chi connectivity index (χ4n) is 2.12. The van der Waals surface area contributed by atoms with Crippen LogP contribution in [0.4, 0.5) is 0 Å². The molecule has 0 bridgehead atoms. The Kier molecular flexibility index (Phi) is 4.95. The third-order valence-corrected chi connectivity index (χ3v) is 2.98. The zero-order chi connectivity index (χ0) is 13.1. The highest BCUT2D eigenvalue weighted by molar-refractivity contribution is 5.70. The predicted octanol–water partition coefficient (Wildman–Crippen LogP) is 1.89. The van der Waals surface area contributed by atoms with Gasteiger partial charge >= 0.3 is 5.97 Å². The summed E-state index contributed by atoms with van der Waals surface area (Å²) in [4.78, 5) is 11.7. The minimum Gasteiger partial charge on any atom is -0.460 e. The molecule has 17 heavy (non-hydrogen) atoms. The van der Waals surface area contributed by atoms with Crippen molar-refractivity contribution >= 4 is 5.97 Å². The molecule has 0 aromatic heterocycles. The molecule has 0 radical (unpaired) electrons. The number of hydrogen-bond donors (Lipinski definition) is 1. The maximum Gasteiger partial charge on any atom is 0.306 e. The summed E-state index contributed by atoms with van der Waals surface area (Å²) in [6.07, 6.45) is 2.06. The third kappa shape index (κ3) is 5.04. The highest BCUT2D eigenvalue weighted by atomic mass is 16.6. The summed E-state index contributed by atoms with van der Waals surface area (Å²) >= 11 is 0. The van der Waals surface area contributed by atoms with Gasteiger partial charge in [-0.2, -0.15) is 0 Å². The molecule has 0 saturated carbocycles. The molecule has 100 valence electrons. The normalized spacial score (nSPS) is 30.1. The Labute approximate surface area is 103 Å². The van der Waals surface area contributed by atoms with E-state index in [0.29, 0.717) is 6.42 Å². The number of esters is 1. The van der Waals surface area contributed by atoms with Crippen molar-refractivity contribution in [2.75, 3.05) is 6.61 Å². The minimum atomic E-state index is -0.427. The molecule has 1 rings (SSSR count).